The van der Waals surface area contributed by atoms with Crippen LogP contribution in [0.2, 0.25) is 0 Å². The molecule has 0 saturated heterocycles. The van der Waals surface area contributed by atoms with Gasteiger partial charge in [-0.25, -0.2) is 17.6 Å². The first-order valence-electron chi connectivity index (χ1n) is 6.59. The SMILES string of the molecule is CCCNC(CCOCC(F)F)c1cccc(F)c1F. The molecule has 1 aromatic rings. The fourth-order valence-electron chi connectivity index (χ4n) is 1.85. The second kappa shape index (κ2) is 8.92. The Morgan fingerprint density at radius 3 is 2.65 bits per heavy atom. The first kappa shape index (κ1) is 16.9. The van der Waals surface area contributed by atoms with Gasteiger partial charge < -0.3 is 10.1 Å². The van der Waals surface area contributed by atoms with Crippen LogP contribution in [0.5, 0.6) is 0 Å². The molecule has 20 heavy (non-hydrogen) atoms. The summed E-state index contributed by atoms with van der Waals surface area (Å²) in [6.07, 6.45) is -1.40. The van der Waals surface area contributed by atoms with Crippen LogP contribution in [0.15, 0.2) is 18.2 Å². The molecule has 1 aromatic carbocycles. The van der Waals surface area contributed by atoms with E-state index >= 15 is 0 Å². The number of nitrogens with one attached hydrogen (secondary N) is 1. The molecule has 0 radical (unpaired) electrons. The number of hydrogen-bond acceptors (Lipinski definition) is 2. The Morgan fingerprint density at radius 2 is 2.00 bits per heavy atom. The van der Waals surface area contributed by atoms with Crippen LogP contribution in [-0.4, -0.2) is 26.2 Å². The molecule has 0 saturated carbocycles. The van der Waals surface area contributed by atoms with Crippen molar-refractivity contribution >= 4 is 0 Å². The predicted molar refractivity (Wildman–Crippen MR) is 68.8 cm³/mol. The van der Waals surface area contributed by atoms with Crippen LogP contribution in [0.3, 0.4) is 0 Å². The number of halogens is 4. The van der Waals surface area contributed by atoms with Gasteiger partial charge in [0.15, 0.2) is 11.6 Å². The van der Waals surface area contributed by atoms with E-state index in [4.69, 9.17) is 4.74 Å². The first-order chi connectivity index (χ1) is 9.56. The van der Waals surface area contributed by atoms with E-state index in [9.17, 15) is 17.6 Å². The third-order valence-corrected chi connectivity index (χ3v) is 2.79. The van der Waals surface area contributed by atoms with E-state index in [1.807, 2.05) is 6.92 Å². The maximum atomic E-state index is 13.7. The van der Waals surface area contributed by atoms with E-state index in [1.54, 1.807) is 0 Å². The van der Waals surface area contributed by atoms with Gasteiger partial charge in [-0.05, 0) is 25.5 Å². The van der Waals surface area contributed by atoms with Crippen molar-refractivity contribution in [1.29, 1.82) is 0 Å². The van der Waals surface area contributed by atoms with E-state index < -0.39 is 30.7 Å². The van der Waals surface area contributed by atoms with Crippen LogP contribution in [0, 0.1) is 11.6 Å². The Hall–Kier alpha value is -1.14. The largest absolute Gasteiger partial charge is 0.375 e. The summed E-state index contributed by atoms with van der Waals surface area (Å²) in [4.78, 5) is 0. The van der Waals surface area contributed by atoms with E-state index in [1.165, 1.54) is 12.1 Å². The number of ether oxygens (including phenoxy) is 1. The minimum absolute atomic E-state index is 0.0572. The molecule has 0 heterocycles. The molecule has 1 unspecified atom stereocenters. The Kier molecular flexibility index (Phi) is 7.54. The van der Waals surface area contributed by atoms with E-state index in [0.29, 0.717) is 13.0 Å². The maximum absolute atomic E-state index is 13.7. The Labute approximate surface area is 116 Å². The van der Waals surface area contributed by atoms with E-state index in [0.717, 1.165) is 12.5 Å². The van der Waals surface area contributed by atoms with E-state index in [2.05, 4.69) is 5.32 Å². The Bertz CT molecular complexity index is 401. The van der Waals surface area contributed by atoms with Crippen molar-refractivity contribution in [3.63, 3.8) is 0 Å². The molecule has 1 atom stereocenters. The van der Waals surface area contributed by atoms with Gasteiger partial charge in [0.1, 0.15) is 6.61 Å². The lowest BCUT2D eigenvalue weighted by atomic mass is 10.0. The van der Waals surface area contributed by atoms with Crippen molar-refractivity contribution in [3.8, 4) is 0 Å². The van der Waals surface area contributed by atoms with Gasteiger partial charge in [-0.2, -0.15) is 0 Å². The first-order valence-corrected chi connectivity index (χ1v) is 6.59. The van der Waals surface area contributed by atoms with Gasteiger partial charge in [0.25, 0.3) is 6.43 Å². The van der Waals surface area contributed by atoms with Crippen molar-refractivity contribution in [2.24, 2.45) is 0 Å². The normalized spacial score (nSPS) is 12.9. The zero-order chi connectivity index (χ0) is 15.0. The zero-order valence-corrected chi connectivity index (χ0v) is 11.3. The smallest absolute Gasteiger partial charge is 0.261 e. The van der Waals surface area contributed by atoms with E-state index in [-0.39, 0.29) is 12.2 Å². The molecule has 0 aliphatic rings. The van der Waals surface area contributed by atoms with Crippen molar-refractivity contribution in [2.75, 3.05) is 19.8 Å². The summed E-state index contributed by atoms with van der Waals surface area (Å²) in [5, 5.41) is 3.07. The minimum atomic E-state index is -2.53. The summed E-state index contributed by atoms with van der Waals surface area (Å²) in [6.45, 7) is 1.97. The van der Waals surface area contributed by atoms with Crippen molar-refractivity contribution < 1.29 is 22.3 Å². The standard InChI is InChI=1S/C14H19F4NO/c1-2-7-19-12(6-8-20-9-13(16)17)10-4-3-5-11(15)14(10)18/h3-5,12-13,19H,2,6-9H2,1H3. The molecule has 1 N–H and O–H groups in total. The van der Waals surface area contributed by atoms with Gasteiger partial charge in [0.2, 0.25) is 0 Å². The lowest BCUT2D eigenvalue weighted by Gasteiger charge is -2.19. The predicted octanol–water partition coefficient (Wildman–Crippen LogP) is 3.68. The van der Waals surface area contributed by atoms with Gasteiger partial charge in [0, 0.05) is 18.2 Å². The molecule has 0 bridgehead atoms. The molecular weight excluding hydrogens is 274 g/mol. The molecule has 1 rings (SSSR count). The highest BCUT2D eigenvalue weighted by molar-refractivity contribution is 5.22. The third-order valence-electron chi connectivity index (χ3n) is 2.79. The molecule has 6 heteroatoms. The number of alkyl halides is 2. The molecule has 0 amide bonds. The van der Waals surface area contributed by atoms with Crippen LogP contribution >= 0.6 is 0 Å². The topological polar surface area (TPSA) is 21.3 Å². The second-order valence-corrected chi connectivity index (χ2v) is 4.40. The second-order valence-electron chi connectivity index (χ2n) is 4.40. The van der Waals surface area contributed by atoms with Crippen molar-refractivity contribution in [3.05, 3.63) is 35.4 Å². The average molecular weight is 293 g/mol. The summed E-state index contributed by atoms with van der Waals surface area (Å²) in [5.41, 5.74) is 0.194. The molecule has 2 nitrogen and oxygen atoms in total. The average Bonchev–Trinajstić information content (AvgIpc) is 2.41. The zero-order valence-electron chi connectivity index (χ0n) is 11.3. The van der Waals surface area contributed by atoms with Crippen LogP contribution in [0.25, 0.3) is 0 Å². The lowest BCUT2D eigenvalue weighted by molar-refractivity contribution is 0.0143. The van der Waals surface area contributed by atoms with Crippen LogP contribution < -0.4 is 5.32 Å². The highest BCUT2D eigenvalue weighted by Crippen LogP contribution is 2.22. The highest BCUT2D eigenvalue weighted by Gasteiger charge is 2.17. The molecule has 0 aromatic heterocycles. The summed E-state index contributed by atoms with van der Waals surface area (Å²) >= 11 is 0. The van der Waals surface area contributed by atoms with Gasteiger partial charge >= 0.3 is 0 Å². The summed E-state index contributed by atoms with van der Waals surface area (Å²) in [6, 6.07) is 3.50. The molecule has 0 aliphatic carbocycles. The van der Waals surface area contributed by atoms with Crippen LogP contribution in [-0.2, 0) is 4.74 Å². The van der Waals surface area contributed by atoms with Crippen LogP contribution in [0.4, 0.5) is 17.6 Å². The van der Waals surface area contributed by atoms with Crippen LogP contribution in [0.1, 0.15) is 31.4 Å². The quantitative estimate of drug-likeness (QED) is 0.554. The monoisotopic (exact) mass is 293 g/mol. The minimum Gasteiger partial charge on any atom is -0.375 e. The number of hydrogen-bond donors (Lipinski definition) is 1. The molecule has 114 valence electrons. The summed E-state index contributed by atoms with van der Waals surface area (Å²) in [5.74, 6) is -1.82. The highest BCUT2D eigenvalue weighted by atomic mass is 19.3. The summed E-state index contributed by atoms with van der Waals surface area (Å²) < 4.78 is 55.7. The molecule has 0 aliphatic heterocycles. The fourth-order valence-corrected chi connectivity index (χ4v) is 1.85. The van der Waals surface area contributed by atoms with Gasteiger partial charge in [-0.3, -0.25) is 0 Å². The van der Waals surface area contributed by atoms with Gasteiger partial charge in [0.05, 0.1) is 0 Å². The van der Waals surface area contributed by atoms with Gasteiger partial charge in [-0.15, -0.1) is 0 Å². The van der Waals surface area contributed by atoms with Gasteiger partial charge in [-0.1, -0.05) is 19.1 Å². The third kappa shape index (κ3) is 5.46. The number of benzene rings is 1. The number of rotatable bonds is 9. The van der Waals surface area contributed by atoms with Crippen molar-refractivity contribution in [1.82, 2.24) is 5.32 Å². The lowest BCUT2D eigenvalue weighted by Crippen LogP contribution is -2.25. The summed E-state index contributed by atoms with van der Waals surface area (Å²) in [7, 11) is 0. The Morgan fingerprint density at radius 1 is 1.25 bits per heavy atom. The molecular formula is C14H19F4NO. The molecule has 0 fully saturated rings. The molecule has 0 spiro atoms. The fraction of sp³-hybridized carbons (Fsp3) is 0.571. The Balaban J connectivity index is 2.65. The maximum Gasteiger partial charge on any atom is 0.261 e. The van der Waals surface area contributed by atoms with Crippen molar-refractivity contribution in [2.45, 2.75) is 32.2 Å².